The van der Waals surface area contributed by atoms with Gasteiger partial charge in [0, 0.05) is 75.3 Å². The van der Waals surface area contributed by atoms with Crippen LogP contribution in [0.15, 0.2) is 114 Å². The Bertz CT molecular complexity index is 3530. The zero-order valence-corrected chi connectivity index (χ0v) is 52.2. The number of carbonyl (C=O) groups is 9. The van der Waals surface area contributed by atoms with Crippen LogP contribution >= 0.6 is 0 Å². The topological polar surface area (TPSA) is 311 Å². The van der Waals surface area contributed by atoms with Gasteiger partial charge >= 0.3 is 12.1 Å². The summed E-state index contributed by atoms with van der Waals surface area (Å²) in [5.74, 6) is -1.78. The Morgan fingerprint density at radius 2 is 1.46 bits per heavy atom. The number of allylic oxidation sites excluding steroid dienone is 1. The molecular weight excluding hydrogens is 1180 g/mol. The number of carbonyl (C=O) groups excluding carboxylic acids is 9. The van der Waals surface area contributed by atoms with Gasteiger partial charge in [-0.15, -0.1) is 0 Å². The molecule has 5 aliphatic rings. The third-order valence-corrected chi connectivity index (χ3v) is 16.5. The van der Waals surface area contributed by atoms with Gasteiger partial charge in [-0.25, -0.2) is 9.59 Å². The Kier molecular flexibility index (Phi) is 22.3. The minimum Gasteiger partial charge on any atom is -0.493 e. The molecule has 5 heterocycles. The number of anilines is 2. The first-order valence-corrected chi connectivity index (χ1v) is 30.9. The lowest BCUT2D eigenvalue weighted by Crippen LogP contribution is -2.54. The summed E-state index contributed by atoms with van der Waals surface area (Å²) in [6.07, 6.45) is 10.5. The second kappa shape index (κ2) is 31.0. The zero-order valence-electron chi connectivity index (χ0n) is 52.2. The Hall–Kier alpha value is -10.2. The summed E-state index contributed by atoms with van der Waals surface area (Å²) in [6, 6.07) is 18.1. The zero-order chi connectivity index (χ0) is 65.4. The van der Waals surface area contributed by atoms with E-state index in [0.717, 1.165) is 16.0 Å². The van der Waals surface area contributed by atoms with E-state index >= 15 is 0 Å². The molecule has 0 aliphatic carbocycles. The number of hydrogen-bond donors (Lipinski definition) is 6. The minimum absolute atomic E-state index is 0.00135. The lowest BCUT2D eigenvalue weighted by Gasteiger charge is -2.35. The van der Waals surface area contributed by atoms with E-state index in [1.165, 1.54) is 36.8 Å². The second-order valence-corrected chi connectivity index (χ2v) is 23.3. The minimum atomic E-state index is -1.11. The molecule has 0 radical (unpaired) electrons. The molecule has 5 aliphatic heterocycles. The second-order valence-electron chi connectivity index (χ2n) is 23.3. The maximum absolute atomic E-state index is 14.2. The molecule has 0 aromatic heterocycles. The van der Waals surface area contributed by atoms with Gasteiger partial charge in [-0.05, 0) is 85.4 Å². The van der Waals surface area contributed by atoms with E-state index < -0.39 is 36.0 Å². The highest BCUT2D eigenvalue weighted by Crippen LogP contribution is 2.40. The van der Waals surface area contributed by atoms with Gasteiger partial charge in [0.25, 0.3) is 23.6 Å². The number of urea groups is 1. The standard InChI is InChI=1S/C67H79N11O14/c1-41(2)61(74-58(79)17-7-6-10-25-77-59(80)22-23-60(77)81)63(83)73-51(16-11-24-69-66(68)86)62(82)72-46-20-18-43(19-21-46)40-92-67(87)75(27-29-90-56-35-52-49(33-54(56)88-4)64(84)76-26-12-13-42(3)31-47(76)37-70-52)28-30-91-57-36-53-50(34-55(57)89-5)65(85)78-39-45-15-9-8-14-44(45)32-48(78)38-71-53/h8-9,12-15,18-23,33-37,41,47-48,51,61,71H,3,6-7,10-11,16-17,24-32,38-40H2,1-2,4-5H3,(H,72,82)(H,73,83)(H,74,79)(H3,68,69,86)/t47-,48-,51-,61-/m0/s1. The Morgan fingerprint density at radius 1 is 0.772 bits per heavy atom. The molecule has 486 valence electrons. The molecule has 92 heavy (non-hydrogen) atoms. The van der Waals surface area contributed by atoms with Gasteiger partial charge < -0.3 is 70.7 Å². The first-order chi connectivity index (χ1) is 44.4. The van der Waals surface area contributed by atoms with Gasteiger partial charge in [-0.2, -0.15) is 0 Å². The molecule has 0 fully saturated rings. The number of nitrogens with one attached hydrogen (secondary N) is 5. The van der Waals surface area contributed by atoms with Gasteiger partial charge in [0.05, 0.1) is 61.9 Å². The molecule has 4 atom stereocenters. The number of primary amides is 1. The van der Waals surface area contributed by atoms with E-state index in [9.17, 15) is 43.2 Å². The van der Waals surface area contributed by atoms with E-state index in [0.29, 0.717) is 97.0 Å². The van der Waals surface area contributed by atoms with Gasteiger partial charge in [-0.3, -0.25) is 43.5 Å². The summed E-state index contributed by atoms with van der Waals surface area (Å²) in [4.78, 5) is 129. The summed E-state index contributed by atoms with van der Waals surface area (Å²) in [7, 11) is 2.95. The van der Waals surface area contributed by atoms with E-state index in [1.54, 1.807) is 73.5 Å². The first kappa shape index (κ1) is 66.2. The predicted octanol–water partition coefficient (Wildman–Crippen LogP) is 6.33. The molecule has 0 unspecified atom stereocenters. The quantitative estimate of drug-likeness (QED) is 0.0267. The maximum atomic E-state index is 14.2. The number of nitrogens with two attached hydrogens (primary N) is 1. The van der Waals surface area contributed by atoms with Gasteiger partial charge in [0.15, 0.2) is 23.0 Å². The number of aliphatic imine (C=N–C) groups is 1. The Balaban J connectivity index is 0.843. The van der Waals surface area contributed by atoms with Crippen molar-refractivity contribution in [2.24, 2.45) is 16.6 Å². The number of ether oxygens (including phenoxy) is 5. The number of benzene rings is 4. The fourth-order valence-electron chi connectivity index (χ4n) is 11.4. The summed E-state index contributed by atoms with van der Waals surface area (Å²) in [6.45, 7) is 9.05. The van der Waals surface area contributed by atoms with Crippen LogP contribution in [0.4, 0.5) is 26.7 Å². The Labute approximate surface area is 533 Å². The van der Waals surface area contributed by atoms with Gasteiger partial charge in [0.2, 0.25) is 17.7 Å². The molecular formula is C67H79N11O14. The highest BCUT2D eigenvalue weighted by molar-refractivity contribution is 6.13. The van der Waals surface area contributed by atoms with Crippen molar-refractivity contribution in [1.82, 2.24) is 35.6 Å². The molecule has 0 spiro atoms. The van der Waals surface area contributed by atoms with Crippen molar-refractivity contribution in [2.45, 2.75) is 103 Å². The smallest absolute Gasteiger partial charge is 0.410 e. The number of methoxy groups -OCH3 is 2. The number of nitrogens with zero attached hydrogens (tertiary/aromatic N) is 5. The Morgan fingerprint density at radius 3 is 2.15 bits per heavy atom. The van der Waals surface area contributed by atoms with E-state index in [1.807, 2.05) is 35.3 Å². The van der Waals surface area contributed by atoms with Crippen LogP contribution in [-0.4, -0.2) is 170 Å². The summed E-state index contributed by atoms with van der Waals surface area (Å²) in [5.41, 5.74) is 11.1. The molecule has 4 aromatic rings. The molecule has 0 bridgehead atoms. The summed E-state index contributed by atoms with van der Waals surface area (Å²) >= 11 is 0. The van der Waals surface area contributed by atoms with Crippen LogP contribution in [0.2, 0.25) is 0 Å². The molecule has 4 aromatic carbocycles. The molecule has 7 N–H and O–H groups in total. The molecule has 9 rings (SSSR count). The lowest BCUT2D eigenvalue weighted by atomic mass is 9.94. The monoisotopic (exact) mass is 1260 g/mol. The van der Waals surface area contributed by atoms with E-state index in [4.69, 9.17) is 34.4 Å². The van der Waals surface area contributed by atoms with Crippen molar-refractivity contribution < 1.29 is 66.8 Å². The average Bonchev–Trinajstić information content (AvgIpc) is 1.55. The third-order valence-electron chi connectivity index (χ3n) is 16.5. The molecule has 25 nitrogen and oxygen atoms in total. The molecule has 0 saturated carbocycles. The van der Waals surface area contributed by atoms with E-state index in [2.05, 4.69) is 39.2 Å². The summed E-state index contributed by atoms with van der Waals surface area (Å²) < 4.78 is 30.0. The summed E-state index contributed by atoms with van der Waals surface area (Å²) in [5, 5.41) is 14.3. The number of fused-ring (bicyclic) bond motifs is 5. The number of imide groups is 1. The van der Waals surface area contributed by atoms with Crippen LogP contribution in [0, 0.1) is 5.92 Å². The molecule has 10 amide bonds. The highest BCUT2D eigenvalue weighted by atomic mass is 16.6. The SMILES string of the molecule is C=C1C=CCN2C(=O)c3cc(OC)c(OCCN(CCOc4cc5c(cc4OC)C(=O)N4Cc6ccccc6C[C@H]4CN5)C(=O)OCc4ccc(NC(=O)[C@H](CCCNC(N)=O)NC(=O)[C@@H](NC(=O)CCCCCN5C(=O)C=CC5=O)C(C)C)cc4)cc3N=C[C@@H]2C1. The van der Waals surface area contributed by atoms with Gasteiger partial charge in [0.1, 0.15) is 31.9 Å². The molecule has 25 heteroatoms. The average molecular weight is 1260 g/mol. The lowest BCUT2D eigenvalue weighted by molar-refractivity contribution is -0.137. The van der Waals surface area contributed by atoms with Crippen molar-refractivity contribution in [3.63, 3.8) is 0 Å². The van der Waals surface area contributed by atoms with Crippen LogP contribution < -0.4 is 51.3 Å². The molecule has 0 saturated heterocycles. The van der Waals surface area contributed by atoms with Crippen molar-refractivity contribution >= 4 is 76.8 Å². The largest absolute Gasteiger partial charge is 0.493 e. The maximum Gasteiger partial charge on any atom is 0.410 e. The van der Waals surface area contributed by atoms with Crippen molar-refractivity contribution in [1.29, 1.82) is 0 Å². The van der Waals surface area contributed by atoms with E-state index in [-0.39, 0.29) is 124 Å². The van der Waals surface area contributed by atoms with Crippen LogP contribution in [0.25, 0.3) is 0 Å². The van der Waals surface area contributed by atoms with Crippen LogP contribution in [0.5, 0.6) is 23.0 Å². The van der Waals surface area contributed by atoms with Crippen molar-refractivity contribution in [3.8, 4) is 23.0 Å². The van der Waals surface area contributed by atoms with Crippen LogP contribution in [0.1, 0.15) is 96.2 Å². The van der Waals surface area contributed by atoms with Crippen LogP contribution in [-0.2, 0) is 48.3 Å². The number of unbranched alkanes of at least 4 members (excludes halogenated alkanes) is 2. The third kappa shape index (κ3) is 16.8. The number of hydrogen-bond acceptors (Lipinski definition) is 16. The normalized spacial score (nSPS) is 16.9. The number of rotatable bonds is 28. The van der Waals surface area contributed by atoms with Crippen molar-refractivity contribution in [2.75, 3.05) is 77.3 Å². The van der Waals surface area contributed by atoms with Crippen LogP contribution in [0.3, 0.4) is 0 Å². The predicted molar refractivity (Wildman–Crippen MR) is 342 cm³/mol. The fraction of sp³-hybridized carbons (Fsp3) is 0.403. The highest BCUT2D eigenvalue weighted by Gasteiger charge is 2.36. The van der Waals surface area contributed by atoms with Crippen molar-refractivity contribution in [3.05, 3.63) is 137 Å². The van der Waals surface area contributed by atoms with Gasteiger partial charge in [-0.1, -0.05) is 81.0 Å². The number of amides is 10. The first-order valence-electron chi connectivity index (χ1n) is 30.9. The fourth-order valence-corrected chi connectivity index (χ4v) is 11.4.